The third-order valence-electron chi connectivity index (χ3n) is 3.16. The summed E-state index contributed by atoms with van der Waals surface area (Å²) in [6, 6.07) is 8.94. The van der Waals surface area contributed by atoms with E-state index >= 15 is 0 Å². The minimum absolute atomic E-state index is 1.11. The van der Waals surface area contributed by atoms with Gasteiger partial charge >= 0.3 is 0 Å². The van der Waals surface area contributed by atoms with Crippen molar-refractivity contribution in [2.24, 2.45) is 0 Å². The van der Waals surface area contributed by atoms with Gasteiger partial charge in [-0.15, -0.1) is 0 Å². The van der Waals surface area contributed by atoms with E-state index in [1.165, 1.54) is 43.6 Å². The van der Waals surface area contributed by atoms with Gasteiger partial charge in [-0.05, 0) is 43.4 Å². The molecule has 0 unspecified atom stereocenters. The Hall–Kier alpha value is -1.24. The molecule has 0 atom stereocenters. The topological polar surface area (TPSA) is 3.24 Å². The molecule has 1 fully saturated rings. The molecule has 1 aliphatic rings. The zero-order valence-corrected chi connectivity index (χ0v) is 10.2. The zero-order valence-electron chi connectivity index (χ0n) is 10.2. The normalized spacial score (nSPS) is 16.9. The highest BCUT2D eigenvalue weighted by Crippen LogP contribution is 2.20. The van der Waals surface area contributed by atoms with Gasteiger partial charge in [-0.1, -0.05) is 31.2 Å². The highest BCUT2D eigenvalue weighted by molar-refractivity contribution is 5.56. The van der Waals surface area contributed by atoms with Crippen molar-refractivity contribution in [1.29, 1.82) is 0 Å². The molecular formula is C15H21N. The number of anilines is 1. The average Bonchev–Trinajstić information content (AvgIpc) is 2.38. The molecule has 1 heteroatoms. The van der Waals surface area contributed by atoms with Gasteiger partial charge in [0.05, 0.1) is 0 Å². The summed E-state index contributed by atoms with van der Waals surface area (Å²) in [5, 5.41) is 0. The van der Waals surface area contributed by atoms with Crippen molar-refractivity contribution in [3.63, 3.8) is 0 Å². The third kappa shape index (κ3) is 2.88. The Morgan fingerprint density at radius 2 is 1.75 bits per heavy atom. The van der Waals surface area contributed by atoms with Crippen LogP contribution in [0.1, 0.15) is 38.2 Å². The molecule has 0 radical (unpaired) electrons. The largest absolute Gasteiger partial charge is 0.372 e. The van der Waals surface area contributed by atoms with Crippen LogP contribution in [0.5, 0.6) is 0 Å². The smallest absolute Gasteiger partial charge is 0.0366 e. The van der Waals surface area contributed by atoms with E-state index < -0.39 is 0 Å². The molecule has 16 heavy (non-hydrogen) atoms. The molecule has 0 N–H and O–H groups in total. The van der Waals surface area contributed by atoms with Crippen LogP contribution in [0.3, 0.4) is 0 Å². The molecule has 1 aromatic carbocycles. The highest BCUT2D eigenvalue weighted by Gasteiger charge is 2.09. The first kappa shape index (κ1) is 11.3. The quantitative estimate of drug-likeness (QED) is 0.733. The minimum Gasteiger partial charge on any atom is -0.372 e. The van der Waals surface area contributed by atoms with Crippen molar-refractivity contribution in [3.8, 4) is 0 Å². The Morgan fingerprint density at radius 3 is 2.38 bits per heavy atom. The number of allylic oxidation sites excluding steroid dienone is 1. The maximum absolute atomic E-state index is 2.50. The number of nitrogens with zero attached hydrogens (tertiary/aromatic N) is 1. The number of piperidine rings is 1. The van der Waals surface area contributed by atoms with Crippen molar-refractivity contribution < 1.29 is 0 Å². The molecule has 2 rings (SSSR count). The van der Waals surface area contributed by atoms with Gasteiger partial charge in [-0.3, -0.25) is 0 Å². The van der Waals surface area contributed by atoms with Gasteiger partial charge in [0.1, 0.15) is 0 Å². The number of hydrogen-bond donors (Lipinski definition) is 0. The lowest BCUT2D eigenvalue weighted by molar-refractivity contribution is 0.578. The van der Waals surface area contributed by atoms with E-state index in [0.717, 1.165) is 6.42 Å². The lowest BCUT2D eigenvalue weighted by atomic mass is 10.1. The summed E-state index contributed by atoms with van der Waals surface area (Å²) < 4.78 is 0. The third-order valence-corrected chi connectivity index (χ3v) is 3.16. The fourth-order valence-electron chi connectivity index (χ4n) is 2.20. The predicted molar refractivity (Wildman–Crippen MR) is 71.8 cm³/mol. The molecule has 0 amide bonds. The van der Waals surface area contributed by atoms with Gasteiger partial charge in [0.2, 0.25) is 0 Å². The average molecular weight is 215 g/mol. The van der Waals surface area contributed by atoms with Crippen LogP contribution < -0.4 is 4.90 Å². The first-order chi connectivity index (χ1) is 7.90. The molecule has 1 saturated heterocycles. The zero-order chi connectivity index (χ0) is 11.2. The maximum Gasteiger partial charge on any atom is 0.0366 e. The minimum atomic E-state index is 1.11. The fourth-order valence-corrected chi connectivity index (χ4v) is 2.20. The van der Waals surface area contributed by atoms with Gasteiger partial charge < -0.3 is 4.90 Å². The van der Waals surface area contributed by atoms with Crippen LogP contribution in [-0.4, -0.2) is 13.1 Å². The van der Waals surface area contributed by atoms with Crippen LogP contribution in [0.15, 0.2) is 30.3 Å². The van der Waals surface area contributed by atoms with Crippen molar-refractivity contribution in [1.82, 2.24) is 0 Å². The van der Waals surface area contributed by atoms with Crippen molar-refractivity contribution in [2.75, 3.05) is 18.0 Å². The van der Waals surface area contributed by atoms with Gasteiger partial charge in [-0.25, -0.2) is 0 Å². The van der Waals surface area contributed by atoms with Gasteiger partial charge in [0.25, 0.3) is 0 Å². The van der Waals surface area contributed by atoms with Crippen LogP contribution in [0, 0.1) is 0 Å². The van der Waals surface area contributed by atoms with Crippen LogP contribution >= 0.6 is 0 Å². The van der Waals surface area contributed by atoms with Crippen LogP contribution in [0.4, 0.5) is 5.69 Å². The maximum atomic E-state index is 2.50. The first-order valence-electron chi connectivity index (χ1n) is 6.41. The Balaban J connectivity index is 2.03. The molecular weight excluding hydrogens is 194 g/mol. The molecule has 0 saturated carbocycles. The van der Waals surface area contributed by atoms with Crippen LogP contribution in [0.2, 0.25) is 0 Å². The molecule has 1 aromatic rings. The van der Waals surface area contributed by atoms with Crippen molar-refractivity contribution >= 4 is 11.8 Å². The predicted octanol–water partition coefficient (Wildman–Crippen LogP) is 4.10. The standard InChI is InChI=1S/C15H21N/c1-2-3-7-14-8-10-15(11-9-14)16-12-5-4-6-13-16/h3,7-11H,2,4-6,12-13H2,1H3. The molecule has 1 nitrogen and oxygen atoms in total. The molecule has 1 heterocycles. The Morgan fingerprint density at radius 1 is 1.06 bits per heavy atom. The van der Waals surface area contributed by atoms with Gasteiger partial charge in [0, 0.05) is 18.8 Å². The number of hydrogen-bond acceptors (Lipinski definition) is 1. The highest BCUT2D eigenvalue weighted by atomic mass is 15.1. The van der Waals surface area contributed by atoms with E-state index in [4.69, 9.17) is 0 Å². The van der Waals surface area contributed by atoms with E-state index in [0.29, 0.717) is 0 Å². The van der Waals surface area contributed by atoms with Gasteiger partial charge in [0.15, 0.2) is 0 Å². The summed E-state index contributed by atoms with van der Waals surface area (Å²) in [5.74, 6) is 0. The van der Waals surface area contributed by atoms with E-state index in [1.54, 1.807) is 0 Å². The van der Waals surface area contributed by atoms with Gasteiger partial charge in [-0.2, -0.15) is 0 Å². The lowest BCUT2D eigenvalue weighted by Crippen LogP contribution is -2.29. The van der Waals surface area contributed by atoms with E-state index in [1.807, 2.05) is 0 Å². The molecule has 1 aliphatic heterocycles. The summed E-state index contributed by atoms with van der Waals surface area (Å²) in [6.45, 7) is 4.62. The molecule has 0 bridgehead atoms. The monoisotopic (exact) mass is 215 g/mol. The summed E-state index contributed by atoms with van der Waals surface area (Å²) in [4.78, 5) is 2.50. The molecule has 0 aliphatic carbocycles. The van der Waals surface area contributed by atoms with Crippen LogP contribution in [0.25, 0.3) is 6.08 Å². The molecule has 0 spiro atoms. The summed E-state index contributed by atoms with van der Waals surface area (Å²) in [7, 11) is 0. The van der Waals surface area contributed by atoms with Crippen molar-refractivity contribution in [2.45, 2.75) is 32.6 Å². The van der Waals surface area contributed by atoms with E-state index in [9.17, 15) is 0 Å². The van der Waals surface area contributed by atoms with E-state index in [2.05, 4.69) is 48.2 Å². The second kappa shape index (κ2) is 5.74. The summed E-state index contributed by atoms with van der Waals surface area (Å²) in [5.41, 5.74) is 2.69. The Labute approximate surface area is 98.8 Å². The molecule has 0 aromatic heterocycles. The summed E-state index contributed by atoms with van der Waals surface area (Å²) >= 11 is 0. The number of rotatable bonds is 3. The Kier molecular flexibility index (Phi) is 4.03. The first-order valence-corrected chi connectivity index (χ1v) is 6.41. The summed E-state index contributed by atoms with van der Waals surface area (Å²) in [6.07, 6.45) is 9.59. The van der Waals surface area contributed by atoms with E-state index in [-0.39, 0.29) is 0 Å². The second-order valence-electron chi connectivity index (χ2n) is 4.45. The fraction of sp³-hybridized carbons (Fsp3) is 0.467. The number of benzene rings is 1. The SMILES string of the molecule is CCC=Cc1ccc(N2CCCCC2)cc1. The Bertz CT molecular complexity index is 331. The van der Waals surface area contributed by atoms with Crippen LogP contribution in [-0.2, 0) is 0 Å². The van der Waals surface area contributed by atoms with Crippen molar-refractivity contribution in [3.05, 3.63) is 35.9 Å². The second-order valence-corrected chi connectivity index (χ2v) is 4.45. The molecule has 86 valence electrons. The lowest BCUT2D eigenvalue weighted by Gasteiger charge is -2.28.